The average Bonchev–Trinajstić information content (AvgIpc) is 2.27. The predicted octanol–water partition coefficient (Wildman–Crippen LogP) is 1.88. The summed E-state index contributed by atoms with van der Waals surface area (Å²) in [5, 5.41) is 10.7. The molecule has 1 rings (SSSR count). The van der Waals surface area contributed by atoms with E-state index >= 15 is 0 Å². The number of para-hydroxylation sites is 1. The monoisotopic (exact) mass is 256 g/mol. The molecule has 1 aromatic carbocycles. The molecule has 0 spiro atoms. The molecule has 0 bridgehead atoms. The Hall–Kier alpha value is -1.49. The largest absolute Gasteiger partial charge is 0.495 e. The molecule has 1 atom stereocenters. The molecule has 4 nitrogen and oxygen atoms in total. The highest BCUT2D eigenvalue weighted by Gasteiger charge is 2.18. The third-order valence-electron chi connectivity index (χ3n) is 2.33. The van der Waals surface area contributed by atoms with Crippen molar-refractivity contribution in [1.29, 1.82) is 0 Å². The van der Waals surface area contributed by atoms with Gasteiger partial charge in [-0.3, -0.25) is 4.21 Å². The molecule has 0 heterocycles. The van der Waals surface area contributed by atoms with E-state index < -0.39 is 15.5 Å². The normalized spacial score (nSPS) is 13.8. The van der Waals surface area contributed by atoms with Crippen molar-refractivity contribution in [2.75, 3.05) is 13.4 Å². The average molecular weight is 256 g/mol. The molecule has 94 valence electrons. The highest BCUT2D eigenvalue weighted by molar-refractivity contribution is 8.00. The maximum absolute atomic E-state index is 12.4. The van der Waals surface area contributed by atoms with Crippen LogP contribution in [0.5, 0.6) is 5.75 Å². The van der Waals surface area contributed by atoms with Crippen LogP contribution in [-0.4, -0.2) is 34.0 Å². The number of carboxylic acid groups (broad SMARTS) is 1. The van der Waals surface area contributed by atoms with Gasteiger partial charge in [-0.05, 0) is 33.4 Å². The second kappa shape index (κ2) is 5.23. The van der Waals surface area contributed by atoms with Gasteiger partial charge in [-0.1, -0.05) is 13.0 Å². The van der Waals surface area contributed by atoms with E-state index in [1.165, 1.54) is 13.2 Å². The lowest BCUT2D eigenvalue weighted by molar-refractivity contribution is 0.0693. The minimum Gasteiger partial charge on any atom is -0.495 e. The van der Waals surface area contributed by atoms with E-state index in [-0.39, 0.29) is 11.3 Å². The Morgan fingerprint density at radius 3 is 2.65 bits per heavy atom. The van der Waals surface area contributed by atoms with Gasteiger partial charge in [0.05, 0.1) is 12.0 Å². The smallest absolute Gasteiger partial charge is 0.339 e. The summed E-state index contributed by atoms with van der Waals surface area (Å²) in [6.45, 7) is 1.89. The first-order chi connectivity index (χ1) is 7.94. The summed E-state index contributed by atoms with van der Waals surface area (Å²) in [5.41, 5.74) is 0.0316. The number of aromatic carboxylic acids is 1. The lowest BCUT2D eigenvalue weighted by Crippen LogP contribution is -2.08. The molecule has 0 aliphatic heterocycles. The molecule has 1 N–H and O–H groups in total. The van der Waals surface area contributed by atoms with E-state index in [4.69, 9.17) is 9.84 Å². The van der Waals surface area contributed by atoms with Crippen LogP contribution < -0.4 is 4.74 Å². The van der Waals surface area contributed by atoms with Crippen LogP contribution in [0.3, 0.4) is 0 Å². The highest BCUT2D eigenvalue weighted by atomic mass is 32.2. The molecule has 5 heteroatoms. The van der Waals surface area contributed by atoms with Crippen LogP contribution in [-0.2, 0) is 9.52 Å². The molecular formula is C12H16O4S. The third kappa shape index (κ3) is 2.79. The Balaban J connectivity index is 3.56. The topological polar surface area (TPSA) is 63.6 Å². The predicted molar refractivity (Wildman–Crippen MR) is 68.6 cm³/mol. The van der Waals surface area contributed by atoms with Gasteiger partial charge in [0.2, 0.25) is 0 Å². The maximum Gasteiger partial charge on any atom is 0.339 e. The molecule has 0 aliphatic rings. The van der Waals surface area contributed by atoms with Crippen molar-refractivity contribution in [1.82, 2.24) is 0 Å². The van der Waals surface area contributed by atoms with Crippen molar-refractivity contribution in [3.63, 3.8) is 0 Å². The van der Waals surface area contributed by atoms with Gasteiger partial charge < -0.3 is 9.84 Å². The van der Waals surface area contributed by atoms with Gasteiger partial charge in [0.1, 0.15) is 11.3 Å². The van der Waals surface area contributed by atoms with Crippen molar-refractivity contribution < 1.29 is 18.8 Å². The summed E-state index contributed by atoms with van der Waals surface area (Å²) in [6, 6.07) is 4.65. The molecule has 0 amide bonds. The quantitative estimate of drug-likeness (QED) is 0.835. The maximum atomic E-state index is 12.4. The zero-order valence-electron chi connectivity index (χ0n) is 10.1. The molecule has 0 radical (unpaired) electrons. The summed E-state index contributed by atoms with van der Waals surface area (Å²) in [5.74, 6) is -0.910. The Bertz CT molecular complexity index is 539. The van der Waals surface area contributed by atoms with Gasteiger partial charge in [0.25, 0.3) is 0 Å². The van der Waals surface area contributed by atoms with Gasteiger partial charge in [-0.25, -0.2) is 4.79 Å². The molecule has 0 saturated heterocycles. The third-order valence-corrected chi connectivity index (χ3v) is 4.50. The Morgan fingerprint density at radius 2 is 2.18 bits per heavy atom. The standard InChI is InChI=1S/C12H16O4S/c1-4-8-17(3,15)10-7-5-6-9(12(13)14)11(10)16-2/h5-8H,4H2,1-3H3,(H,13,14). The molecular weight excluding hydrogens is 240 g/mol. The first kappa shape index (κ1) is 13.6. The van der Waals surface area contributed by atoms with Gasteiger partial charge in [0, 0.05) is 6.26 Å². The van der Waals surface area contributed by atoms with Crippen LogP contribution in [0.1, 0.15) is 23.7 Å². The van der Waals surface area contributed by atoms with Crippen molar-refractivity contribution in [2.24, 2.45) is 0 Å². The first-order valence-corrected chi connectivity index (χ1v) is 7.19. The summed E-state index contributed by atoms with van der Waals surface area (Å²) in [4.78, 5) is 11.5. The van der Waals surface area contributed by atoms with E-state index in [0.29, 0.717) is 11.3 Å². The summed E-state index contributed by atoms with van der Waals surface area (Å²) in [6.07, 6.45) is 2.23. The van der Waals surface area contributed by atoms with Crippen LogP contribution in [0.25, 0.3) is 0 Å². The Kier molecular flexibility index (Phi) is 4.17. The minimum absolute atomic E-state index is 0.0316. The molecule has 17 heavy (non-hydrogen) atoms. The zero-order valence-corrected chi connectivity index (χ0v) is 10.9. The number of rotatable bonds is 4. The van der Waals surface area contributed by atoms with Crippen LogP contribution in [0.15, 0.2) is 23.1 Å². The fourth-order valence-corrected chi connectivity index (χ4v) is 3.35. The van der Waals surface area contributed by atoms with Crippen molar-refractivity contribution in [3.05, 3.63) is 23.8 Å². The first-order valence-electron chi connectivity index (χ1n) is 5.16. The summed E-state index contributed by atoms with van der Waals surface area (Å²) >= 11 is 0. The number of hydrogen-bond donors (Lipinski definition) is 1. The lowest BCUT2D eigenvalue weighted by atomic mass is 10.2. The highest BCUT2D eigenvalue weighted by Crippen LogP contribution is 2.28. The van der Waals surface area contributed by atoms with Crippen LogP contribution in [0, 0.1) is 0 Å². The fraction of sp³-hybridized carbons (Fsp3) is 0.333. The van der Waals surface area contributed by atoms with Crippen molar-refractivity contribution in [2.45, 2.75) is 18.2 Å². The summed E-state index contributed by atoms with van der Waals surface area (Å²) < 4.78 is 17.5. The molecule has 0 aromatic heterocycles. The lowest BCUT2D eigenvalue weighted by Gasteiger charge is -2.13. The van der Waals surface area contributed by atoms with E-state index in [1.54, 1.807) is 23.8 Å². The molecule has 0 saturated carbocycles. The Labute approximate surface area is 101 Å². The van der Waals surface area contributed by atoms with Crippen LogP contribution in [0.2, 0.25) is 0 Å². The number of ether oxygens (including phenoxy) is 1. The fourth-order valence-electron chi connectivity index (χ4n) is 1.62. The SMILES string of the molecule is CCC=S(C)(=O)c1cccc(C(=O)O)c1OC. The molecule has 1 aromatic rings. The van der Waals surface area contributed by atoms with Crippen molar-refractivity contribution >= 4 is 20.9 Å². The number of carbonyl (C=O) groups is 1. The van der Waals surface area contributed by atoms with Crippen LogP contribution in [0.4, 0.5) is 0 Å². The van der Waals surface area contributed by atoms with Crippen LogP contribution >= 0.6 is 0 Å². The van der Waals surface area contributed by atoms with E-state index in [0.717, 1.165) is 0 Å². The van der Waals surface area contributed by atoms with Gasteiger partial charge in [-0.2, -0.15) is 0 Å². The van der Waals surface area contributed by atoms with E-state index in [2.05, 4.69) is 0 Å². The second-order valence-electron chi connectivity index (χ2n) is 3.62. The molecule has 0 aliphatic carbocycles. The summed E-state index contributed by atoms with van der Waals surface area (Å²) in [7, 11) is -0.991. The van der Waals surface area contributed by atoms with Gasteiger partial charge in [-0.15, -0.1) is 0 Å². The Morgan fingerprint density at radius 1 is 1.53 bits per heavy atom. The van der Waals surface area contributed by atoms with Gasteiger partial charge in [0.15, 0.2) is 0 Å². The molecule has 0 fully saturated rings. The minimum atomic E-state index is -2.37. The molecule has 1 unspecified atom stereocenters. The second-order valence-corrected chi connectivity index (χ2v) is 6.20. The number of methoxy groups -OCH3 is 1. The number of hydrogen-bond acceptors (Lipinski definition) is 3. The van der Waals surface area contributed by atoms with E-state index in [1.807, 2.05) is 6.92 Å². The number of carboxylic acids is 1. The van der Waals surface area contributed by atoms with E-state index in [9.17, 15) is 9.00 Å². The number of benzene rings is 1. The van der Waals surface area contributed by atoms with Crippen molar-refractivity contribution in [3.8, 4) is 5.75 Å². The van der Waals surface area contributed by atoms with Gasteiger partial charge >= 0.3 is 5.97 Å². The zero-order chi connectivity index (χ0) is 13.1.